The number of hydrogen-bond donors (Lipinski definition) is 0. The van der Waals surface area contributed by atoms with Crippen molar-refractivity contribution in [3.05, 3.63) is 23.8 Å². The van der Waals surface area contributed by atoms with Gasteiger partial charge in [0.05, 0.1) is 0 Å². The van der Waals surface area contributed by atoms with Gasteiger partial charge in [-0.25, -0.2) is 0 Å². The van der Waals surface area contributed by atoms with E-state index in [0.717, 1.165) is 11.8 Å². The smallest absolute Gasteiger partial charge is 0.0166 e. The Balaban J connectivity index is 2.21. The Morgan fingerprint density at radius 1 is 1.45 bits per heavy atom. The van der Waals surface area contributed by atoms with Crippen LogP contribution in [0, 0.1) is 11.8 Å². The first-order valence-electron chi connectivity index (χ1n) is 4.61. The second kappa shape index (κ2) is 2.51. The molecule has 0 N–H and O–H groups in total. The lowest BCUT2D eigenvalue weighted by molar-refractivity contribution is 0.350. The van der Waals surface area contributed by atoms with E-state index in [4.69, 9.17) is 0 Å². The quantitative estimate of drug-likeness (QED) is 0.462. The van der Waals surface area contributed by atoms with Gasteiger partial charge >= 0.3 is 0 Å². The molecule has 0 saturated heterocycles. The highest BCUT2D eigenvalue weighted by Crippen LogP contribution is 2.41. The average molecular weight is 148 g/mol. The summed E-state index contributed by atoms with van der Waals surface area (Å²) in [6, 6.07) is 0. The van der Waals surface area contributed by atoms with Gasteiger partial charge in [0.1, 0.15) is 0 Å². The van der Waals surface area contributed by atoms with Crippen LogP contribution in [0.3, 0.4) is 0 Å². The second-order valence-electron chi connectivity index (χ2n) is 4.01. The molecule has 1 fully saturated rings. The molecular formula is C11H16. The van der Waals surface area contributed by atoms with Crippen LogP contribution in [0.15, 0.2) is 23.8 Å². The molecule has 0 heteroatoms. The van der Waals surface area contributed by atoms with Gasteiger partial charge in [-0.1, -0.05) is 23.8 Å². The lowest BCUT2D eigenvalue weighted by atomic mass is 9.70. The van der Waals surface area contributed by atoms with Crippen molar-refractivity contribution < 1.29 is 0 Å². The number of rotatable bonds is 0. The molecule has 0 nitrogen and oxygen atoms in total. The van der Waals surface area contributed by atoms with Crippen molar-refractivity contribution in [2.24, 2.45) is 11.8 Å². The minimum absolute atomic E-state index is 0.831. The Bertz CT molecular complexity index is 210. The lowest BCUT2D eigenvalue weighted by Gasteiger charge is -2.35. The van der Waals surface area contributed by atoms with Gasteiger partial charge in [0.15, 0.2) is 0 Å². The lowest BCUT2D eigenvalue weighted by Crippen LogP contribution is -2.21. The van der Waals surface area contributed by atoms with Crippen molar-refractivity contribution in [3.8, 4) is 0 Å². The fourth-order valence-corrected chi connectivity index (χ4v) is 2.36. The monoisotopic (exact) mass is 148 g/mol. The first kappa shape index (κ1) is 7.15. The summed E-state index contributed by atoms with van der Waals surface area (Å²) in [4.78, 5) is 0. The number of hydrogen-bond acceptors (Lipinski definition) is 0. The van der Waals surface area contributed by atoms with Crippen molar-refractivity contribution in [2.45, 2.75) is 32.6 Å². The summed E-state index contributed by atoms with van der Waals surface area (Å²) >= 11 is 0. The number of allylic oxidation sites excluding steroid dienone is 3. The highest BCUT2D eigenvalue weighted by molar-refractivity contribution is 5.18. The second-order valence-corrected chi connectivity index (χ2v) is 4.01. The topological polar surface area (TPSA) is 0 Å². The van der Waals surface area contributed by atoms with Gasteiger partial charge in [0.2, 0.25) is 0 Å². The van der Waals surface area contributed by atoms with Gasteiger partial charge < -0.3 is 0 Å². The first-order chi connectivity index (χ1) is 5.27. The third kappa shape index (κ3) is 1.15. The van der Waals surface area contributed by atoms with Gasteiger partial charge in [-0.2, -0.15) is 0 Å². The van der Waals surface area contributed by atoms with E-state index in [0.29, 0.717) is 0 Å². The molecule has 0 amide bonds. The molecule has 0 aromatic rings. The highest BCUT2D eigenvalue weighted by atomic mass is 14.3. The fraction of sp³-hybridized carbons (Fsp3) is 0.636. The Morgan fingerprint density at radius 3 is 3.09 bits per heavy atom. The third-order valence-electron chi connectivity index (χ3n) is 3.33. The molecule has 2 rings (SSSR count). The Kier molecular flexibility index (Phi) is 1.63. The van der Waals surface area contributed by atoms with Crippen LogP contribution in [0.2, 0.25) is 0 Å². The molecule has 11 heavy (non-hydrogen) atoms. The Hall–Kier alpha value is -0.520. The maximum atomic E-state index is 4.13. The van der Waals surface area contributed by atoms with Crippen LogP contribution < -0.4 is 0 Å². The summed E-state index contributed by atoms with van der Waals surface area (Å²) in [7, 11) is 0. The summed E-state index contributed by atoms with van der Waals surface area (Å²) < 4.78 is 0. The number of fused-ring (bicyclic) bond motifs is 2. The SMILES string of the molecule is C=C1CCC2CC1CC=C2C. The zero-order valence-electron chi connectivity index (χ0n) is 7.27. The summed E-state index contributed by atoms with van der Waals surface area (Å²) in [6.07, 6.45) is 7.71. The Labute approximate surface area is 69.0 Å². The summed E-state index contributed by atoms with van der Waals surface area (Å²) in [5.74, 6) is 1.73. The normalized spacial score (nSPS) is 36.8. The van der Waals surface area contributed by atoms with E-state index in [2.05, 4.69) is 19.6 Å². The molecule has 60 valence electrons. The van der Waals surface area contributed by atoms with Crippen molar-refractivity contribution in [1.29, 1.82) is 0 Å². The molecule has 0 aromatic heterocycles. The standard InChI is InChI=1S/C11H16/c1-8-3-5-11-7-10(8)6-4-9(11)2/h4,10-11H,1,3,5-7H2,2H3. The highest BCUT2D eigenvalue weighted by Gasteiger charge is 2.27. The largest absolute Gasteiger partial charge is 0.0996 e. The summed E-state index contributed by atoms with van der Waals surface area (Å²) in [5, 5.41) is 0. The van der Waals surface area contributed by atoms with Crippen LogP contribution in [0.25, 0.3) is 0 Å². The van der Waals surface area contributed by atoms with Gasteiger partial charge in [-0.3, -0.25) is 0 Å². The predicted molar refractivity (Wildman–Crippen MR) is 48.3 cm³/mol. The van der Waals surface area contributed by atoms with E-state index < -0.39 is 0 Å². The molecular weight excluding hydrogens is 132 g/mol. The maximum Gasteiger partial charge on any atom is -0.0166 e. The van der Waals surface area contributed by atoms with Crippen molar-refractivity contribution in [2.75, 3.05) is 0 Å². The Morgan fingerprint density at radius 2 is 2.27 bits per heavy atom. The average Bonchev–Trinajstić information content (AvgIpc) is 2.02. The van der Waals surface area contributed by atoms with Crippen LogP contribution in [0.1, 0.15) is 32.6 Å². The molecule has 2 unspecified atom stereocenters. The van der Waals surface area contributed by atoms with Crippen LogP contribution in [0.4, 0.5) is 0 Å². The third-order valence-corrected chi connectivity index (χ3v) is 3.33. The minimum atomic E-state index is 0.831. The van der Waals surface area contributed by atoms with Gasteiger partial charge in [0, 0.05) is 0 Å². The molecule has 0 radical (unpaired) electrons. The molecule has 2 aliphatic rings. The zero-order chi connectivity index (χ0) is 7.84. The van der Waals surface area contributed by atoms with E-state index in [-0.39, 0.29) is 0 Å². The minimum Gasteiger partial charge on any atom is -0.0996 e. The van der Waals surface area contributed by atoms with E-state index >= 15 is 0 Å². The molecule has 0 aromatic carbocycles. The van der Waals surface area contributed by atoms with Crippen molar-refractivity contribution in [3.63, 3.8) is 0 Å². The molecule has 1 saturated carbocycles. The van der Waals surface area contributed by atoms with Gasteiger partial charge in [-0.05, 0) is 44.4 Å². The maximum absolute atomic E-state index is 4.13. The zero-order valence-corrected chi connectivity index (χ0v) is 7.27. The van der Waals surface area contributed by atoms with Crippen LogP contribution >= 0.6 is 0 Å². The predicted octanol–water partition coefficient (Wildman–Crippen LogP) is 3.31. The van der Waals surface area contributed by atoms with Crippen molar-refractivity contribution in [1.82, 2.24) is 0 Å². The van der Waals surface area contributed by atoms with E-state index in [1.807, 2.05) is 0 Å². The fourth-order valence-electron chi connectivity index (χ4n) is 2.36. The molecule has 2 atom stereocenters. The molecule has 0 spiro atoms. The molecule has 0 heterocycles. The summed E-state index contributed by atoms with van der Waals surface area (Å²) in [5.41, 5.74) is 3.14. The van der Waals surface area contributed by atoms with E-state index in [1.165, 1.54) is 31.3 Å². The van der Waals surface area contributed by atoms with Crippen LogP contribution in [-0.4, -0.2) is 0 Å². The summed E-state index contributed by atoms with van der Waals surface area (Å²) in [6.45, 7) is 6.42. The van der Waals surface area contributed by atoms with E-state index in [1.54, 1.807) is 5.57 Å². The molecule has 0 aliphatic heterocycles. The van der Waals surface area contributed by atoms with Crippen molar-refractivity contribution >= 4 is 0 Å². The molecule has 2 aliphatic carbocycles. The molecule has 2 bridgehead atoms. The van der Waals surface area contributed by atoms with Gasteiger partial charge in [-0.15, -0.1) is 0 Å². The van der Waals surface area contributed by atoms with E-state index in [9.17, 15) is 0 Å². The van der Waals surface area contributed by atoms with Crippen LogP contribution in [-0.2, 0) is 0 Å². The van der Waals surface area contributed by atoms with Gasteiger partial charge in [0.25, 0.3) is 0 Å². The van der Waals surface area contributed by atoms with Crippen LogP contribution in [0.5, 0.6) is 0 Å². The first-order valence-corrected chi connectivity index (χ1v) is 4.61.